The second-order valence-corrected chi connectivity index (χ2v) is 6.79. The van der Waals surface area contributed by atoms with E-state index in [2.05, 4.69) is 0 Å². The van der Waals surface area contributed by atoms with Crippen LogP contribution in [0.5, 0.6) is 0 Å². The summed E-state index contributed by atoms with van der Waals surface area (Å²) in [6.07, 6.45) is -0.256. The number of ether oxygens (including phenoxy) is 1. The van der Waals surface area contributed by atoms with E-state index < -0.39 is 28.4 Å². The van der Waals surface area contributed by atoms with Crippen LogP contribution in [0.25, 0.3) is 0 Å². The van der Waals surface area contributed by atoms with Gasteiger partial charge in [0.15, 0.2) is 0 Å². The smallest absolute Gasteiger partial charge is 0.302 e. The molecule has 0 amide bonds. The zero-order chi connectivity index (χ0) is 13.2. The Kier molecular flexibility index (Phi) is 2.20. The zero-order valence-corrected chi connectivity index (χ0v) is 10.4. The van der Waals surface area contributed by atoms with Crippen LogP contribution in [0.15, 0.2) is 0 Å². The first-order chi connectivity index (χ1) is 8.16. The summed E-state index contributed by atoms with van der Waals surface area (Å²) in [5.41, 5.74) is -6.14. The number of rotatable bonds is 2. The molecule has 0 atom stereocenters. The highest BCUT2D eigenvalue weighted by molar-refractivity contribution is 5.65. The van der Waals surface area contributed by atoms with Crippen LogP contribution in [0.2, 0.25) is 0 Å². The molecule has 102 valence electrons. The average molecular weight is 262 g/mol. The van der Waals surface area contributed by atoms with Gasteiger partial charge in [-0.3, -0.25) is 4.79 Å². The number of carbonyl (C=O) groups is 1. The summed E-state index contributed by atoms with van der Waals surface area (Å²) < 4.78 is 48.5. The molecule has 2 nitrogen and oxygen atoms in total. The molecule has 4 saturated carbocycles. The number of carbonyl (C=O) groups excluding carboxylic acids is 1. The summed E-state index contributed by atoms with van der Waals surface area (Å²) in [4.78, 5) is 10.9. The van der Waals surface area contributed by atoms with Crippen molar-refractivity contribution in [2.24, 2.45) is 5.41 Å². The largest absolute Gasteiger partial charge is 0.465 e. The SMILES string of the molecule is CC(=O)OCC12CC3(F)CC(F)(CC(F)(C3)C1)C2. The van der Waals surface area contributed by atoms with Crippen molar-refractivity contribution in [1.29, 1.82) is 0 Å². The maximum absolute atomic E-state index is 14.5. The maximum atomic E-state index is 14.5. The fraction of sp³-hybridized carbons (Fsp3) is 0.923. The third-order valence-electron chi connectivity index (χ3n) is 4.56. The first-order valence-corrected chi connectivity index (χ1v) is 6.36. The second-order valence-electron chi connectivity index (χ2n) is 6.79. The molecular weight excluding hydrogens is 245 g/mol. The van der Waals surface area contributed by atoms with Crippen LogP contribution in [-0.2, 0) is 9.53 Å². The lowest BCUT2D eigenvalue weighted by Crippen LogP contribution is -2.66. The summed E-state index contributed by atoms with van der Waals surface area (Å²) in [7, 11) is 0. The fourth-order valence-corrected chi connectivity index (χ4v) is 4.88. The number of hydrogen-bond acceptors (Lipinski definition) is 2. The van der Waals surface area contributed by atoms with Crippen molar-refractivity contribution >= 4 is 5.97 Å². The first-order valence-electron chi connectivity index (χ1n) is 6.36. The highest BCUT2D eigenvalue weighted by Gasteiger charge is 2.70. The summed E-state index contributed by atoms with van der Waals surface area (Å²) in [5, 5.41) is 0. The van der Waals surface area contributed by atoms with Gasteiger partial charge in [-0.25, -0.2) is 13.2 Å². The quantitative estimate of drug-likeness (QED) is 0.715. The molecule has 18 heavy (non-hydrogen) atoms. The molecule has 0 aromatic heterocycles. The second kappa shape index (κ2) is 3.23. The molecular formula is C13H17F3O2. The van der Waals surface area contributed by atoms with Gasteiger partial charge in [-0.2, -0.15) is 0 Å². The first kappa shape index (κ1) is 12.3. The Morgan fingerprint density at radius 1 is 0.944 bits per heavy atom. The molecule has 0 saturated heterocycles. The lowest BCUT2D eigenvalue weighted by Gasteiger charge is -2.62. The van der Waals surface area contributed by atoms with Crippen molar-refractivity contribution in [3.63, 3.8) is 0 Å². The van der Waals surface area contributed by atoms with E-state index in [1.807, 2.05) is 0 Å². The van der Waals surface area contributed by atoms with E-state index in [1.54, 1.807) is 0 Å². The minimum absolute atomic E-state index is 0.0641. The van der Waals surface area contributed by atoms with Gasteiger partial charge in [0, 0.05) is 31.6 Å². The standard InChI is InChI=1S/C13H17F3O2/c1-9(17)18-8-10-2-11(14)5-12(15,3-10)7-13(16,4-10)6-11/h2-8H2,1H3. The van der Waals surface area contributed by atoms with Gasteiger partial charge in [-0.15, -0.1) is 0 Å². The average Bonchev–Trinajstić information content (AvgIpc) is 2.06. The monoisotopic (exact) mass is 262 g/mol. The molecule has 4 rings (SSSR count). The minimum Gasteiger partial charge on any atom is -0.465 e. The normalized spacial score (nSPS) is 53.6. The summed E-state index contributed by atoms with van der Waals surface area (Å²) in [6, 6.07) is 0. The van der Waals surface area contributed by atoms with Crippen LogP contribution in [0.1, 0.15) is 45.4 Å². The number of esters is 1. The molecule has 0 radical (unpaired) electrons. The Morgan fingerprint density at radius 3 is 1.67 bits per heavy atom. The van der Waals surface area contributed by atoms with Crippen LogP contribution >= 0.6 is 0 Å². The van der Waals surface area contributed by atoms with E-state index in [1.165, 1.54) is 6.92 Å². The van der Waals surface area contributed by atoms with E-state index in [4.69, 9.17) is 4.74 Å². The van der Waals surface area contributed by atoms with Crippen molar-refractivity contribution in [2.75, 3.05) is 6.61 Å². The van der Waals surface area contributed by atoms with Gasteiger partial charge in [0.25, 0.3) is 0 Å². The molecule has 4 aliphatic rings. The van der Waals surface area contributed by atoms with Gasteiger partial charge in [0.1, 0.15) is 17.0 Å². The highest BCUT2D eigenvalue weighted by atomic mass is 19.2. The van der Waals surface area contributed by atoms with E-state index in [-0.39, 0.29) is 45.1 Å². The number of hydrogen-bond donors (Lipinski definition) is 0. The molecule has 0 aliphatic heterocycles. The van der Waals surface area contributed by atoms with Crippen LogP contribution in [0, 0.1) is 5.41 Å². The number of alkyl halides is 3. The van der Waals surface area contributed by atoms with E-state index in [9.17, 15) is 18.0 Å². The Hall–Kier alpha value is -0.740. The third kappa shape index (κ3) is 1.82. The fourth-order valence-electron chi connectivity index (χ4n) is 4.88. The van der Waals surface area contributed by atoms with Gasteiger partial charge < -0.3 is 4.74 Å². The molecule has 4 bridgehead atoms. The van der Waals surface area contributed by atoms with E-state index >= 15 is 0 Å². The van der Waals surface area contributed by atoms with Gasteiger partial charge in [0.05, 0.1) is 6.61 Å². The molecule has 0 unspecified atom stereocenters. The molecule has 0 N–H and O–H groups in total. The molecule has 4 aliphatic carbocycles. The Morgan fingerprint density at radius 2 is 1.33 bits per heavy atom. The zero-order valence-electron chi connectivity index (χ0n) is 10.4. The number of halogens is 3. The third-order valence-corrected chi connectivity index (χ3v) is 4.56. The molecule has 0 aromatic rings. The Balaban J connectivity index is 1.90. The molecule has 4 fully saturated rings. The summed E-state index contributed by atoms with van der Waals surface area (Å²) >= 11 is 0. The van der Waals surface area contributed by atoms with Crippen LogP contribution in [0.4, 0.5) is 13.2 Å². The molecule has 5 heteroatoms. The Bertz CT molecular complexity index is 355. The van der Waals surface area contributed by atoms with Crippen molar-refractivity contribution in [2.45, 2.75) is 62.5 Å². The minimum atomic E-state index is -1.77. The topological polar surface area (TPSA) is 26.3 Å². The van der Waals surface area contributed by atoms with E-state index in [0.29, 0.717) is 0 Å². The molecule has 0 heterocycles. The van der Waals surface area contributed by atoms with Crippen molar-refractivity contribution in [1.82, 2.24) is 0 Å². The van der Waals surface area contributed by atoms with Crippen molar-refractivity contribution in [3.05, 3.63) is 0 Å². The van der Waals surface area contributed by atoms with Crippen molar-refractivity contribution in [3.8, 4) is 0 Å². The Labute approximate surface area is 104 Å². The van der Waals surface area contributed by atoms with Crippen LogP contribution < -0.4 is 0 Å². The van der Waals surface area contributed by atoms with Crippen LogP contribution in [0.3, 0.4) is 0 Å². The lowest BCUT2D eigenvalue weighted by molar-refractivity contribution is -0.228. The highest BCUT2D eigenvalue weighted by Crippen LogP contribution is 2.68. The van der Waals surface area contributed by atoms with Gasteiger partial charge >= 0.3 is 5.97 Å². The van der Waals surface area contributed by atoms with Crippen molar-refractivity contribution < 1.29 is 22.7 Å². The van der Waals surface area contributed by atoms with Gasteiger partial charge in [-0.1, -0.05) is 0 Å². The van der Waals surface area contributed by atoms with Gasteiger partial charge in [0.2, 0.25) is 0 Å². The lowest BCUT2D eigenvalue weighted by atomic mass is 9.46. The predicted octanol–water partition coefficient (Wildman–Crippen LogP) is 3.04. The van der Waals surface area contributed by atoms with Crippen LogP contribution in [-0.4, -0.2) is 29.6 Å². The van der Waals surface area contributed by atoms with Gasteiger partial charge in [-0.05, 0) is 19.3 Å². The van der Waals surface area contributed by atoms with E-state index in [0.717, 1.165) is 0 Å². The molecule has 0 spiro atoms. The summed E-state index contributed by atoms with van der Waals surface area (Å²) in [5.74, 6) is -0.487. The summed E-state index contributed by atoms with van der Waals surface area (Å²) in [6.45, 7) is 1.19. The predicted molar refractivity (Wildman–Crippen MR) is 58.3 cm³/mol. The maximum Gasteiger partial charge on any atom is 0.302 e. The molecule has 0 aromatic carbocycles.